The van der Waals surface area contributed by atoms with Crippen LogP contribution in [0.5, 0.6) is 0 Å². The van der Waals surface area contributed by atoms with Crippen LogP contribution in [0.15, 0.2) is 0 Å². The van der Waals surface area contributed by atoms with Crippen molar-refractivity contribution in [2.45, 2.75) is 77.3 Å². The van der Waals surface area contributed by atoms with Gasteiger partial charge in [0.15, 0.2) is 0 Å². The molecule has 0 aromatic carbocycles. The van der Waals surface area contributed by atoms with Crippen LogP contribution in [-0.4, -0.2) is 36.0 Å². The standard InChI is InChI=1S/C16H30N2O/c1-3-11-18(12-4-2)16(19)15-10-9-13-7-5-6-8-14(13)17-15/h13-15,17H,3-12H2,1-2H3. The monoisotopic (exact) mass is 266 g/mol. The molecular formula is C16H30N2O. The molecule has 3 atom stereocenters. The van der Waals surface area contributed by atoms with Crippen LogP contribution in [0.2, 0.25) is 0 Å². The van der Waals surface area contributed by atoms with E-state index in [4.69, 9.17) is 0 Å². The molecule has 1 N–H and O–H groups in total. The number of rotatable bonds is 5. The first kappa shape index (κ1) is 14.8. The summed E-state index contributed by atoms with van der Waals surface area (Å²) in [5.41, 5.74) is 0. The van der Waals surface area contributed by atoms with Gasteiger partial charge in [-0.05, 0) is 44.4 Å². The SMILES string of the molecule is CCCN(CCC)C(=O)C1CCC2CCCCC2N1. The van der Waals surface area contributed by atoms with Gasteiger partial charge in [-0.15, -0.1) is 0 Å². The molecule has 2 fully saturated rings. The number of carbonyl (C=O) groups excluding carboxylic acids is 1. The molecule has 0 bridgehead atoms. The van der Waals surface area contributed by atoms with Gasteiger partial charge >= 0.3 is 0 Å². The van der Waals surface area contributed by atoms with E-state index in [1.54, 1.807) is 0 Å². The molecule has 1 heterocycles. The van der Waals surface area contributed by atoms with E-state index in [1.807, 2.05) is 0 Å². The number of hydrogen-bond donors (Lipinski definition) is 1. The van der Waals surface area contributed by atoms with E-state index < -0.39 is 0 Å². The second-order valence-corrected chi connectivity index (χ2v) is 6.27. The van der Waals surface area contributed by atoms with Crippen LogP contribution in [0.1, 0.15) is 65.2 Å². The van der Waals surface area contributed by atoms with Crippen molar-refractivity contribution in [3.8, 4) is 0 Å². The van der Waals surface area contributed by atoms with Crippen molar-refractivity contribution in [1.82, 2.24) is 10.2 Å². The molecule has 3 heteroatoms. The van der Waals surface area contributed by atoms with Gasteiger partial charge in [0.1, 0.15) is 0 Å². The molecule has 1 aliphatic heterocycles. The Morgan fingerprint density at radius 2 is 1.74 bits per heavy atom. The van der Waals surface area contributed by atoms with Crippen molar-refractivity contribution >= 4 is 5.91 Å². The van der Waals surface area contributed by atoms with Crippen LogP contribution in [0.3, 0.4) is 0 Å². The molecule has 19 heavy (non-hydrogen) atoms. The number of nitrogens with zero attached hydrogens (tertiary/aromatic N) is 1. The van der Waals surface area contributed by atoms with Crippen molar-refractivity contribution in [1.29, 1.82) is 0 Å². The fourth-order valence-electron chi connectivity index (χ4n) is 3.78. The highest BCUT2D eigenvalue weighted by atomic mass is 16.2. The highest BCUT2D eigenvalue weighted by Crippen LogP contribution is 2.32. The van der Waals surface area contributed by atoms with Gasteiger partial charge in [0, 0.05) is 19.1 Å². The normalized spacial score (nSPS) is 30.7. The lowest BCUT2D eigenvalue weighted by molar-refractivity contribution is -0.135. The smallest absolute Gasteiger partial charge is 0.239 e. The second kappa shape index (κ2) is 7.28. The lowest BCUT2D eigenvalue weighted by atomic mass is 9.77. The third-order valence-corrected chi connectivity index (χ3v) is 4.75. The van der Waals surface area contributed by atoms with Crippen LogP contribution >= 0.6 is 0 Å². The van der Waals surface area contributed by atoms with E-state index in [0.717, 1.165) is 38.3 Å². The summed E-state index contributed by atoms with van der Waals surface area (Å²) >= 11 is 0. The number of piperidine rings is 1. The van der Waals surface area contributed by atoms with Gasteiger partial charge in [-0.25, -0.2) is 0 Å². The van der Waals surface area contributed by atoms with Gasteiger partial charge in [-0.1, -0.05) is 26.7 Å². The molecule has 1 saturated heterocycles. The quantitative estimate of drug-likeness (QED) is 0.830. The molecule has 2 rings (SSSR count). The topological polar surface area (TPSA) is 32.3 Å². The maximum absolute atomic E-state index is 12.6. The van der Waals surface area contributed by atoms with Gasteiger partial charge < -0.3 is 10.2 Å². The Morgan fingerprint density at radius 3 is 2.42 bits per heavy atom. The van der Waals surface area contributed by atoms with Crippen molar-refractivity contribution in [2.24, 2.45) is 5.92 Å². The summed E-state index contributed by atoms with van der Waals surface area (Å²) < 4.78 is 0. The van der Waals surface area contributed by atoms with E-state index in [-0.39, 0.29) is 6.04 Å². The average Bonchev–Trinajstić information content (AvgIpc) is 2.46. The Hall–Kier alpha value is -0.570. The van der Waals surface area contributed by atoms with Gasteiger partial charge in [0.2, 0.25) is 5.91 Å². The van der Waals surface area contributed by atoms with E-state index in [0.29, 0.717) is 11.9 Å². The first-order valence-electron chi connectivity index (χ1n) is 8.31. The minimum absolute atomic E-state index is 0.0949. The first-order chi connectivity index (χ1) is 9.26. The average molecular weight is 266 g/mol. The van der Waals surface area contributed by atoms with E-state index >= 15 is 0 Å². The summed E-state index contributed by atoms with van der Waals surface area (Å²) in [4.78, 5) is 14.7. The van der Waals surface area contributed by atoms with Crippen molar-refractivity contribution in [2.75, 3.05) is 13.1 Å². The molecular weight excluding hydrogens is 236 g/mol. The number of fused-ring (bicyclic) bond motifs is 1. The molecule has 1 saturated carbocycles. The van der Waals surface area contributed by atoms with Crippen LogP contribution in [0, 0.1) is 5.92 Å². The van der Waals surface area contributed by atoms with Crippen molar-refractivity contribution < 1.29 is 4.79 Å². The summed E-state index contributed by atoms with van der Waals surface area (Å²) in [6, 6.07) is 0.707. The van der Waals surface area contributed by atoms with Gasteiger partial charge in [0.05, 0.1) is 6.04 Å². The predicted octanol–water partition coefficient (Wildman–Crippen LogP) is 2.95. The van der Waals surface area contributed by atoms with Crippen LogP contribution in [-0.2, 0) is 4.79 Å². The number of nitrogens with one attached hydrogen (secondary N) is 1. The van der Waals surface area contributed by atoms with E-state index in [9.17, 15) is 4.79 Å². The molecule has 0 aromatic heterocycles. The third kappa shape index (κ3) is 3.71. The minimum Gasteiger partial charge on any atom is -0.341 e. The van der Waals surface area contributed by atoms with Crippen LogP contribution in [0.4, 0.5) is 0 Å². The van der Waals surface area contributed by atoms with Gasteiger partial charge in [-0.2, -0.15) is 0 Å². The van der Waals surface area contributed by atoms with Crippen LogP contribution in [0.25, 0.3) is 0 Å². The Balaban J connectivity index is 1.91. The number of carbonyl (C=O) groups is 1. The fraction of sp³-hybridized carbons (Fsp3) is 0.938. The third-order valence-electron chi connectivity index (χ3n) is 4.75. The molecule has 0 radical (unpaired) electrons. The first-order valence-corrected chi connectivity index (χ1v) is 8.31. The predicted molar refractivity (Wildman–Crippen MR) is 79.1 cm³/mol. The Bertz CT molecular complexity index is 286. The lowest BCUT2D eigenvalue weighted by Gasteiger charge is -2.41. The Kier molecular flexibility index (Phi) is 5.68. The molecule has 2 aliphatic rings. The molecule has 0 aromatic rings. The Morgan fingerprint density at radius 1 is 1.05 bits per heavy atom. The maximum atomic E-state index is 12.6. The van der Waals surface area contributed by atoms with E-state index in [2.05, 4.69) is 24.1 Å². The highest BCUT2D eigenvalue weighted by molar-refractivity contribution is 5.82. The number of amides is 1. The zero-order valence-corrected chi connectivity index (χ0v) is 12.7. The summed E-state index contributed by atoms with van der Waals surface area (Å²) in [6.45, 7) is 6.14. The molecule has 1 amide bonds. The minimum atomic E-state index is 0.0949. The van der Waals surface area contributed by atoms with Gasteiger partial charge in [-0.3, -0.25) is 4.79 Å². The maximum Gasteiger partial charge on any atom is 0.239 e. The van der Waals surface area contributed by atoms with Crippen molar-refractivity contribution in [3.63, 3.8) is 0 Å². The fourth-order valence-corrected chi connectivity index (χ4v) is 3.78. The molecule has 0 spiro atoms. The summed E-state index contributed by atoms with van der Waals surface area (Å²) in [5, 5.41) is 3.66. The molecule has 3 nitrogen and oxygen atoms in total. The van der Waals surface area contributed by atoms with Crippen molar-refractivity contribution in [3.05, 3.63) is 0 Å². The summed E-state index contributed by atoms with van der Waals surface area (Å²) in [6.07, 6.45) is 9.78. The summed E-state index contributed by atoms with van der Waals surface area (Å²) in [7, 11) is 0. The zero-order valence-electron chi connectivity index (χ0n) is 12.7. The van der Waals surface area contributed by atoms with E-state index in [1.165, 1.54) is 32.1 Å². The number of hydrogen-bond acceptors (Lipinski definition) is 2. The lowest BCUT2D eigenvalue weighted by Crippen LogP contribution is -2.55. The molecule has 3 unspecified atom stereocenters. The largest absolute Gasteiger partial charge is 0.341 e. The highest BCUT2D eigenvalue weighted by Gasteiger charge is 2.35. The molecule has 1 aliphatic carbocycles. The zero-order chi connectivity index (χ0) is 13.7. The van der Waals surface area contributed by atoms with Crippen LogP contribution < -0.4 is 5.32 Å². The second-order valence-electron chi connectivity index (χ2n) is 6.27. The molecule has 110 valence electrons. The Labute approximate surface area is 118 Å². The summed E-state index contributed by atoms with van der Waals surface area (Å²) in [5.74, 6) is 1.19. The van der Waals surface area contributed by atoms with Gasteiger partial charge in [0.25, 0.3) is 0 Å².